The van der Waals surface area contributed by atoms with Gasteiger partial charge in [-0.3, -0.25) is 0 Å². The molecule has 0 amide bonds. The van der Waals surface area contributed by atoms with Crippen molar-refractivity contribution in [2.45, 2.75) is 0 Å². The molecular weight excluding hydrogens is 394 g/mol. The zero-order valence-corrected chi connectivity index (χ0v) is 19.0. The zero-order chi connectivity index (χ0) is 15.1. The third-order valence-corrected chi connectivity index (χ3v) is 4.56. The molecule has 2 fully saturated rings. The Morgan fingerprint density at radius 3 is 1.10 bits per heavy atom. The van der Waals surface area contributed by atoms with E-state index in [-0.39, 0.29) is 19.5 Å². The zero-order valence-electron chi connectivity index (χ0n) is 12.8. The molecule has 2 aliphatic rings. The Labute approximate surface area is 163 Å². The van der Waals surface area contributed by atoms with Gasteiger partial charge in [0.2, 0.25) is 0 Å². The van der Waals surface area contributed by atoms with E-state index in [2.05, 4.69) is 33.7 Å². The summed E-state index contributed by atoms with van der Waals surface area (Å²) in [6.45, 7) is 8.32. The predicted octanol–water partition coefficient (Wildman–Crippen LogP) is 0.129. The van der Waals surface area contributed by atoms with Crippen molar-refractivity contribution in [3.63, 3.8) is 0 Å². The summed E-state index contributed by atoms with van der Waals surface area (Å²) in [4.78, 5) is 8.71. The fraction of sp³-hybridized carbons (Fsp3) is 0.833. The summed E-state index contributed by atoms with van der Waals surface area (Å²) < 4.78 is 1.24. The van der Waals surface area contributed by atoms with Crippen molar-refractivity contribution in [3.8, 4) is 0 Å². The van der Waals surface area contributed by atoms with Crippen LogP contribution in [-0.4, -0.2) is 94.7 Å². The summed E-state index contributed by atoms with van der Waals surface area (Å²) >= 11 is 19.5. The molecule has 118 valence electrons. The fourth-order valence-corrected chi connectivity index (χ4v) is 2.71. The van der Waals surface area contributed by atoms with Gasteiger partial charge in [0.1, 0.15) is 0 Å². The first-order valence-electron chi connectivity index (χ1n) is 6.69. The fourth-order valence-electron chi connectivity index (χ4n) is 1.98. The van der Waals surface area contributed by atoms with Crippen LogP contribution >= 0.6 is 24.4 Å². The maximum Gasteiger partial charge on any atom is 0.0290 e. The molecule has 0 N–H and O–H groups in total. The summed E-state index contributed by atoms with van der Waals surface area (Å²) in [5, 5.41) is 0. The van der Waals surface area contributed by atoms with E-state index in [0.29, 0.717) is 8.64 Å². The Bertz CT molecular complexity index is 297. The van der Waals surface area contributed by atoms with E-state index in [1.165, 1.54) is 0 Å². The van der Waals surface area contributed by atoms with Gasteiger partial charge in [-0.2, -0.15) is 0 Å². The molecule has 0 atom stereocenters. The van der Waals surface area contributed by atoms with Crippen molar-refractivity contribution >= 4 is 58.3 Å². The van der Waals surface area contributed by atoms with Gasteiger partial charge in [-0.1, -0.05) is 8.64 Å². The summed E-state index contributed by atoms with van der Waals surface area (Å²) in [5.41, 5.74) is 0. The SMILES string of the molecule is CN1CCN(C(=S)[S-])CC1.CN1CCN(C(=S)[S-])CC1.[Zn]. The molecule has 0 saturated carbocycles. The van der Waals surface area contributed by atoms with Crippen molar-refractivity contribution in [1.82, 2.24) is 19.6 Å². The average Bonchev–Trinajstić information content (AvgIpc) is 2.40. The van der Waals surface area contributed by atoms with Crippen LogP contribution in [0.5, 0.6) is 0 Å². The van der Waals surface area contributed by atoms with Gasteiger partial charge in [-0.15, -0.1) is 0 Å². The predicted molar refractivity (Wildman–Crippen MR) is 98.1 cm³/mol. The van der Waals surface area contributed by atoms with Gasteiger partial charge in [-0.25, -0.2) is 0 Å². The first-order valence-corrected chi connectivity index (χ1v) is 8.32. The van der Waals surface area contributed by atoms with Crippen LogP contribution in [0.25, 0.3) is 0 Å². The molecule has 2 heterocycles. The number of likely N-dealkylation sites (N-methyl/N-ethyl adjacent to an activating group) is 2. The minimum atomic E-state index is 0. The Kier molecular flexibility index (Phi) is 11.7. The molecule has 0 aromatic rings. The van der Waals surface area contributed by atoms with E-state index in [1.54, 1.807) is 0 Å². The van der Waals surface area contributed by atoms with Crippen LogP contribution in [0.1, 0.15) is 0 Å². The largest absolute Gasteiger partial charge is 0.411 e. The third kappa shape index (κ3) is 8.84. The monoisotopic (exact) mass is 414 g/mol. The van der Waals surface area contributed by atoms with Crippen molar-refractivity contribution in [2.75, 3.05) is 66.5 Å². The van der Waals surface area contributed by atoms with E-state index in [1.807, 2.05) is 0 Å². The average molecular weight is 416 g/mol. The normalized spacial score (nSPS) is 20.1. The maximum absolute atomic E-state index is 4.88. The molecule has 2 rings (SSSR count). The standard InChI is InChI=1S/2C6H12N2S2.Zn/c2*1-7-2-4-8(5-3-7)6(9)10;/h2*2-5H2,1H3,(H,9,10);/p-2. The van der Waals surface area contributed by atoms with Gasteiger partial charge >= 0.3 is 0 Å². The van der Waals surface area contributed by atoms with Crippen molar-refractivity contribution < 1.29 is 19.5 Å². The second kappa shape index (κ2) is 11.3. The second-order valence-electron chi connectivity index (χ2n) is 5.11. The molecule has 0 aliphatic carbocycles. The van der Waals surface area contributed by atoms with Crippen molar-refractivity contribution in [1.29, 1.82) is 0 Å². The van der Waals surface area contributed by atoms with Crippen LogP contribution in [0, 0.1) is 0 Å². The minimum absolute atomic E-state index is 0. The number of thiocarbonyl (C=S) groups is 2. The molecule has 0 aromatic heterocycles. The van der Waals surface area contributed by atoms with Gasteiger partial charge < -0.3 is 69.3 Å². The van der Waals surface area contributed by atoms with Crippen LogP contribution in [0.2, 0.25) is 0 Å². The Hall–Kier alpha value is 0.763. The molecule has 0 spiro atoms. The van der Waals surface area contributed by atoms with Gasteiger partial charge in [0, 0.05) is 71.8 Å². The van der Waals surface area contributed by atoms with E-state index >= 15 is 0 Å². The van der Waals surface area contributed by atoms with E-state index < -0.39 is 0 Å². The summed E-state index contributed by atoms with van der Waals surface area (Å²) in [7, 11) is 4.23. The molecule has 0 radical (unpaired) electrons. The topological polar surface area (TPSA) is 13.0 Å². The molecule has 2 aliphatic heterocycles. The van der Waals surface area contributed by atoms with Gasteiger partial charge in [-0.05, 0) is 14.1 Å². The molecular formula is C12H22N4S4Zn-2. The number of hydrogen-bond donors (Lipinski definition) is 0. The van der Waals surface area contributed by atoms with Gasteiger partial charge in [0.05, 0.1) is 0 Å². The molecule has 0 bridgehead atoms. The van der Waals surface area contributed by atoms with E-state index in [0.717, 1.165) is 52.4 Å². The molecule has 0 aromatic carbocycles. The Balaban J connectivity index is 0.000000364. The van der Waals surface area contributed by atoms with E-state index in [4.69, 9.17) is 49.7 Å². The van der Waals surface area contributed by atoms with E-state index in [9.17, 15) is 0 Å². The smallest absolute Gasteiger partial charge is 0.0290 e. The molecule has 2 saturated heterocycles. The Morgan fingerprint density at radius 2 is 0.905 bits per heavy atom. The number of hydrogen-bond acceptors (Lipinski definition) is 6. The maximum atomic E-state index is 4.88. The van der Waals surface area contributed by atoms with Gasteiger partial charge in [0.25, 0.3) is 0 Å². The molecule has 9 heteroatoms. The van der Waals surface area contributed by atoms with Crippen LogP contribution in [0.15, 0.2) is 0 Å². The quantitative estimate of drug-likeness (QED) is 0.310. The molecule has 0 unspecified atom stereocenters. The molecule has 4 nitrogen and oxygen atoms in total. The first kappa shape index (κ1) is 21.8. The summed E-state index contributed by atoms with van der Waals surface area (Å²) in [6.07, 6.45) is 0. The summed E-state index contributed by atoms with van der Waals surface area (Å²) in [6, 6.07) is 0. The number of piperazine rings is 2. The van der Waals surface area contributed by atoms with Crippen molar-refractivity contribution in [3.05, 3.63) is 0 Å². The van der Waals surface area contributed by atoms with Crippen LogP contribution in [0.4, 0.5) is 0 Å². The van der Waals surface area contributed by atoms with Crippen LogP contribution in [0.3, 0.4) is 0 Å². The minimum Gasteiger partial charge on any atom is -0.411 e. The first-order chi connectivity index (χ1) is 9.40. The third-order valence-electron chi connectivity index (χ3n) is 3.52. The number of nitrogens with zero attached hydrogens (tertiary/aromatic N) is 4. The van der Waals surface area contributed by atoms with Crippen molar-refractivity contribution in [2.24, 2.45) is 0 Å². The summed E-state index contributed by atoms with van der Waals surface area (Å²) in [5.74, 6) is 0. The van der Waals surface area contributed by atoms with Gasteiger partial charge in [0.15, 0.2) is 0 Å². The Morgan fingerprint density at radius 1 is 0.667 bits per heavy atom. The molecule has 21 heavy (non-hydrogen) atoms. The second-order valence-corrected chi connectivity index (χ2v) is 7.18. The van der Waals surface area contributed by atoms with Crippen LogP contribution < -0.4 is 0 Å². The van der Waals surface area contributed by atoms with Crippen LogP contribution in [-0.2, 0) is 44.7 Å². The number of rotatable bonds is 0.